The third-order valence-electron chi connectivity index (χ3n) is 4.01. The molecule has 0 radical (unpaired) electrons. The molecule has 0 saturated carbocycles. The van der Waals surface area contributed by atoms with E-state index in [1.807, 2.05) is 18.7 Å². The fourth-order valence-corrected chi connectivity index (χ4v) is 2.77. The number of nitrogens with zero attached hydrogens (tertiary/aromatic N) is 1. The molecule has 1 N–H and O–H groups in total. The maximum Gasteiger partial charge on any atom is 0.245 e. The molecule has 1 unspecified atom stereocenters. The van der Waals surface area contributed by atoms with Gasteiger partial charge >= 0.3 is 0 Å². The highest BCUT2D eigenvalue weighted by atomic mass is 16.2. The van der Waals surface area contributed by atoms with Gasteiger partial charge in [0.05, 0.1) is 0 Å². The standard InChI is InChI=1S/C15H24N2O2/c1-11(2)14-15(19)17(10-8-13(18)16-14)9-7-12-5-3-4-6-12/h5,11,14H,3-4,6-10H2,1-2H3,(H,16,18). The Labute approximate surface area is 115 Å². The van der Waals surface area contributed by atoms with Crippen molar-refractivity contribution in [3.63, 3.8) is 0 Å². The molecule has 1 aliphatic heterocycles. The molecular weight excluding hydrogens is 240 g/mol. The molecule has 0 spiro atoms. The van der Waals surface area contributed by atoms with E-state index in [1.165, 1.54) is 24.8 Å². The first-order valence-corrected chi connectivity index (χ1v) is 7.34. The maximum atomic E-state index is 12.4. The molecule has 1 saturated heterocycles. The summed E-state index contributed by atoms with van der Waals surface area (Å²) in [6, 6.07) is -0.354. The monoisotopic (exact) mass is 264 g/mol. The van der Waals surface area contributed by atoms with Gasteiger partial charge in [-0.25, -0.2) is 0 Å². The van der Waals surface area contributed by atoms with E-state index in [2.05, 4.69) is 11.4 Å². The van der Waals surface area contributed by atoms with Gasteiger partial charge < -0.3 is 10.2 Å². The van der Waals surface area contributed by atoms with Crippen LogP contribution in [0.3, 0.4) is 0 Å². The molecular formula is C15H24N2O2. The molecule has 0 aromatic rings. The summed E-state index contributed by atoms with van der Waals surface area (Å²) in [7, 11) is 0. The number of amides is 2. The van der Waals surface area contributed by atoms with Gasteiger partial charge in [-0.15, -0.1) is 0 Å². The lowest BCUT2D eigenvalue weighted by Crippen LogP contribution is -2.47. The predicted molar refractivity (Wildman–Crippen MR) is 74.5 cm³/mol. The van der Waals surface area contributed by atoms with Crippen molar-refractivity contribution >= 4 is 11.8 Å². The molecule has 2 aliphatic rings. The predicted octanol–water partition coefficient (Wildman–Crippen LogP) is 1.86. The van der Waals surface area contributed by atoms with Gasteiger partial charge in [0.2, 0.25) is 11.8 Å². The average Bonchev–Trinajstić information content (AvgIpc) is 2.83. The number of rotatable bonds is 4. The molecule has 4 nitrogen and oxygen atoms in total. The largest absolute Gasteiger partial charge is 0.344 e. The smallest absolute Gasteiger partial charge is 0.245 e. The van der Waals surface area contributed by atoms with Crippen molar-refractivity contribution in [1.29, 1.82) is 0 Å². The van der Waals surface area contributed by atoms with Crippen LogP contribution in [-0.4, -0.2) is 35.8 Å². The average molecular weight is 264 g/mol. The Balaban J connectivity index is 1.97. The number of hydrogen-bond donors (Lipinski definition) is 1. The fraction of sp³-hybridized carbons (Fsp3) is 0.733. The Morgan fingerprint density at radius 2 is 2.16 bits per heavy atom. The quantitative estimate of drug-likeness (QED) is 0.788. The number of nitrogens with one attached hydrogen (secondary N) is 1. The second-order valence-electron chi connectivity index (χ2n) is 5.87. The third-order valence-corrected chi connectivity index (χ3v) is 4.01. The van der Waals surface area contributed by atoms with E-state index in [-0.39, 0.29) is 23.8 Å². The lowest BCUT2D eigenvalue weighted by molar-refractivity contribution is -0.134. The van der Waals surface area contributed by atoms with Crippen LogP contribution in [0.4, 0.5) is 0 Å². The molecule has 106 valence electrons. The summed E-state index contributed by atoms with van der Waals surface area (Å²) in [6.07, 6.45) is 7.28. The van der Waals surface area contributed by atoms with Crippen molar-refractivity contribution in [3.05, 3.63) is 11.6 Å². The van der Waals surface area contributed by atoms with Gasteiger partial charge in [0.15, 0.2) is 0 Å². The van der Waals surface area contributed by atoms with E-state index in [0.717, 1.165) is 13.0 Å². The Hall–Kier alpha value is -1.32. The minimum atomic E-state index is -0.354. The van der Waals surface area contributed by atoms with Crippen LogP contribution >= 0.6 is 0 Å². The van der Waals surface area contributed by atoms with Crippen molar-refractivity contribution in [2.75, 3.05) is 13.1 Å². The van der Waals surface area contributed by atoms with Crippen LogP contribution in [0.15, 0.2) is 11.6 Å². The van der Waals surface area contributed by atoms with Crippen molar-refractivity contribution < 1.29 is 9.59 Å². The van der Waals surface area contributed by atoms with Gasteiger partial charge in [-0.1, -0.05) is 25.5 Å². The van der Waals surface area contributed by atoms with Gasteiger partial charge in [-0.3, -0.25) is 9.59 Å². The van der Waals surface area contributed by atoms with E-state index < -0.39 is 0 Å². The molecule has 0 bridgehead atoms. The van der Waals surface area contributed by atoms with Crippen LogP contribution in [0.1, 0.15) is 46.0 Å². The van der Waals surface area contributed by atoms with Crippen molar-refractivity contribution in [2.45, 2.75) is 52.0 Å². The first-order valence-electron chi connectivity index (χ1n) is 7.34. The molecule has 1 atom stereocenters. The topological polar surface area (TPSA) is 49.4 Å². The number of allylic oxidation sites excluding steroid dienone is 1. The summed E-state index contributed by atoms with van der Waals surface area (Å²) < 4.78 is 0. The molecule has 2 amide bonds. The van der Waals surface area contributed by atoms with Crippen LogP contribution in [-0.2, 0) is 9.59 Å². The number of carbonyl (C=O) groups excluding carboxylic acids is 2. The number of hydrogen-bond acceptors (Lipinski definition) is 2. The zero-order valence-corrected chi connectivity index (χ0v) is 11.9. The zero-order valence-electron chi connectivity index (χ0n) is 11.9. The van der Waals surface area contributed by atoms with Gasteiger partial charge in [0, 0.05) is 19.5 Å². The first-order chi connectivity index (χ1) is 9.08. The van der Waals surface area contributed by atoms with Gasteiger partial charge in [0.25, 0.3) is 0 Å². The Morgan fingerprint density at radius 3 is 2.79 bits per heavy atom. The Bertz CT molecular complexity index is 388. The summed E-state index contributed by atoms with van der Waals surface area (Å²) in [5, 5.41) is 2.84. The van der Waals surface area contributed by atoms with Crippen LogP contribution in [0.2, 0.25) is 0 Å². The Morgan fingerprint density at radius 1 is 1.37 bits per heavy atom. The highest BCUT2D eigenvalue weighted by Gasteiger charge is 2.31. The first kappa shape index (κ1) is 14.1. The molecule has 1 fully saturated rings. The van der Waals surface area contributed by atoms with Crippen LogP contribution in [0.5, 0.6) is 0 Å². The Kier molecular flexibility index (Phi) is 4.61. The number of carbonyl (C=O) groups is 2. The summed E-state index contributed by atoms with van der Waals surface area (Å²) in [4.78, 5) is 25.9. The van der Waals surface area contributed by atoms with Gasteiger partial charge in [0.1, 0.15) is 6.04 Å². The van der Waals surface area contributed by atoms with Gasteiger partial charge in [-0.2, -0.15) is 0 Å². The molecule has 0 aromatic heterocycles. The van der Waals surface area contributed by atoms with E-state index in [9.17, 15) is 9.59 Å². The molecule has 0 aromatic carbocycles. The van der Waals surface area contributed by atoms with Crippen molar-refractivity contribution in [3.8, 4) is 0 Å². The molecule has 2 rings (SSSR count). The summed E-state index contributed by atoms with van der Waals surface area (Å²) in [6.45, 7) is 5.27. The molecule has 4 heteroatoms. The second kappa shape index (κ2) is 6.22. The fourth-order valence-electron chi connectivity index (χ4n) is 2.77. The minimum absolute atomic E-state index is 0.00497. The molecule has 1 heterocycles. The van der Waals surface area contributed by atoms with E-state index >= 15 is 0 Å². The van der Waals surface area contributed by atoms with E-state index in [1.54, 1.807) is 0 Å². The minimum Gasteiger partial charge on any atom is -0.344 e. The van der Waals surface area contributed by atoms with Crippen LogP contribution < -0.4 is 5.32 Å². The van der Waals surface area contributed by atoms with Gasteiger partial charge in [-0.05, 0) is 31.6 Å². The zero-order chi connectivity index (χ0) is 13.8. The van der Waals surface area contributed by atoms with Crippen molar-refractivity contribution in [2.24, 2.45) is 5.92 Å². The van der Waals surface area contributed by atoms with Crippen LogP contribution in [0.25, 0.3) is 0 Å². The normalized spacial score (nSPS) is 24.5. The summed E-state index contributed by atoms with van der Waals surface area (Å²) in [5.74, 6) is 0.219. The highest BCUT2D eigenvalue weighted by Crippen LogP contribution is 2.21. The highest BCUT2D eigenvalue weighted by molar-refractivity contribution is 5.90. The third kappa shape index (κ3) is 3.58. The maximum absolute atomic E-state index is 12.4. The lowest BCUT2D eigenvalue weighted by atomic mass is 10.0. The summed E-state index contributed by atoms with van der Waals surface area (Å²) in [5.41, 5.74) is 1.47. The second-order valence-corrected chi connectivity index (χ2v) is 5.87. The lowest BCUT2D eigenvalue weighted by Gasteiger charge is -2.26. The molecule has 19 heavy (non-hydrogen) atoms. The van der Waals surface area contributed by atoms with E-state index in [4.69, 9.17) is 0 Å². The van der Waals surface area contributed by atoms with Crippen LogP contribution in [0, 0.1) is 5.92 Å². The van der Waals surface area contributed by atoms with E-state index in [0.29, 0.717) is 13.0 Å². The molecule has 1 aliphatic carbocycles. The van der Waals surface area contributed by atoms with Crippen molar-refractivity contribution in [1.82, 2.24) is 10.2 Å². The SMILES string of the molecule is CC(C)C1NC(=O)CCN(CCC2=CCCC2)C1=O. The summed E-state index contributed by atoms with van der Waals surface area (Å²) >= 11 is 0.